The molecule has 3 aromatic carbocycles. The Labute approximate surface area is 245 Å². The minimum Gasteiger partial charge on any atom is -0.491 e. The molecule has 5 aromatic rings. The van der Waals surface area contributed by atoms with Gasteiger partial charge in [-0.1, -0.05) is 35.9 Å². The lowest BCUT2D eigenvalue weighted by molar-refractivity contribution is -0.114. The van der Waals surface area contributed by atoms with Crippen LogP contribution < -0.4 is 14.8 Å². The number of anilines is 1. The fourth-order valence-corrected chi connectivity index (χ4v) is 4.94. The van der Waals surface area contributed by atoms with Crippen molar-refractivity contribution in [3.63, 3.8) is 0 Å². The van der Waals surface area contributed by atoms with E-state index in [-0.39, 0.29) is 46.4 Å². The van der Waals surface area contributed by atoms with Gasteiger partial charge in [0.2, 0.25) is 27.6 Å². The Hall–Kier alpha value is -4.92. The molecule has 0 saturated carbocycles. The Morgan fingerprint density at radius 3 is 2.48 bits per heavy atom. The quantitative estimate of drug-likeness (QED) is 0.198. The van der Waals surface area contributed by atoms with Crippen LogP contribution in [0.25, 0.3) is 17.3 Å². The molecule has 0 unspecified atom stereocenters. The summed E-state index contributed by atoms with van der Waals surface area (Å²) in [6.45, 7) is 1.07. The number of ether oxygens (including phenoxy) is 1. The first-order chi connectivity index (χ1) is 20.2. The summed E-state index contributed by atoms with van der Waals surface area (Å²) in [4.78, 5) is 11.2. The minimum atomic E-state index is -3.92. The zero-order valence-electron chi connectivity index (χ0n) is 22.2. The van der Waals surface area contributed by atoms with Gasteiger partial charge in [-0.2, -0.15) is 5.10 Å². The number of nitrogens with one attached hydrogen (secondary N) is 2. The van der Waals surface area contributed by atoms with Crippen LogP contribution in [0.1, 0.15) is 12.8 Å². The molecule has 0 aliphatic carbocycles. The maximum absolute atomic E-state index is 12.8. The van der Waals surface area contributed by atoms with E-state index in [0.717, 1.165) is 0 Å². The predicted octanol–water partition coefficient (Wildman–Crippen LogP) is 5.44. The van der Waals surface area contributed by atoms with Crippen LogP contribution in [0.15, 0.2) is 98.4 Å². The first-order valence-electron chi connectivity index (χ1n) is 12.3. The average Bonchev–Trinajstić information content (AvgIpc) is 3.60. The van der Waals surface area contributed by atoms with Gasteiger partial charge in [-0.25, -0.2) is 17.8 Å². The molecule has 1 amide bonds. The molecular weight excluding hydrogens is 584 g/mol. The molecule has 13 nitrogen and oxygen atoms in total. The summed E-state index contributed by atoms with van der Waals surface area (Å²) in [5.41, 5.74) is 1.81. The molecule has 0 spiro atoms. The van der Waals surface area contributed by atoms with E-state index in [2.05, 4.69) is 35.6 Å². The average molecular weight is 607 g/mol. The first-order valence-corrected chi connectivity index (χ1v) is 14.2. The van der Waals surface area contributed by atoms with Crippen molar-refractivity contribution in [3.05, 3.63) is 89.8 Å². The normalized spacial score (nSPS) is 11.6. The Morgan fingerprint density at radius 1 is 1.02 bits per heavy atom. The fraction of sp³-hybridized carbons (Fsp3) is 0.111. The van der Waals surface area contributed by atoms with E-state index >= 15 is 0 Å². The molecular formula is C27H23ClN8O5S. The molecule has 42 heavy (non-hydrogen) atoms. The number of hydrogen-bond donors (Lipinski definition) is 2. The summed E-state index contributed by atoms with van der Waals surface area (Å²) in [6.07, 6.45) is 0. The van der Waals surface area contributed by atoms with Gasteiger partial charge in [0.1, 0.15) is 0 Å². The first kappa shape index (κ1) is 28.6. The second kappa shape index (κ2) is 12.3. The highest BCUT2D eigenvalue weighted by molar-refractivity contribution is 7.89. The van der Waals surface area contributed by atoms with Crippen molar-refractivity contribution < 1.29 is 22.4 Å². The summed E-state index contributed by atoms with van der Waals surface area (Å²) >= 11 is 6.22. The number of halogens is 1. The third-order valence-electron chi connectivity index (χ3n) is 5.66. The van der Waals surface area contributed by atoms with Crippen LogP contribution >= 0.6 is 11.6 Å². The lowest BCUT2D eigenvalue weighted by Gasteiger charge is -2.06. The number of hydrogen-bond acceptors (Lipinski definition) is 10. The molecule has 5 rings (SSSR count). The SMILES string of the molecule is COc1c(-c2nnc(CNS(=O)(=O)c3ccc(NC(C)=O)cc3)o2)nn(-c2cccc(Cl)c2)c1N=Nc1ccccc1. The number of aromatic nitrogens is 4. The molecule has 0 aliphatic heterocycles. The maximum Gasteiger partial charge on any atom is 0.272 e. The maximum atomic E-state index is 12.8. The number of amides is 1. The molecule has 2 heterocycles. The van der Waals surface area contributed by atoms with E-state index < -0.39 is 10.0 Å². The molecule has 15 heteroatoms. The van der Waals surface area contributed by atoms with Crippen molar-refractivity contribution in [2.75, 3.05) is 12.4 Å². The van der Waals surface area contributed by atoms with Crippen molar-refractivity contribution in [2.45, 2.75) is 18.4 Å². The van der Waals surface area contributed by atoms with E-state index in [1.165, 1.54) is 43.0 Å². The van der Waals surface area contributed by atoms with E-state index in [1.54, 1.807) is 36.4 Å². The summed E-state index contributed by atoms with van der Waals surface area (Å²) in [5, 5.41) is 24.3. The van der Waals surface area contributed by atoms with Crippen LogP contribution in [-0.4, -0.2) is 41.4 Å². The van der Waals surface area contributed by atoms with Crippen molar-refractivity contribution in [1.82, 2.24) is 24.7 Å². The molecule has 0 saturated heterocycles. The lowest BCUT2D eigenvalue weighted by atomic mass is 10.3. The van der Waals surface area contributed by atoms with Crippen molar-refractivity contribution in [3.8, 4) is 23.0 Å². The summed E-state index contributed by atoms with van der Waals surface area (Å²) in [7, 11) is -2.49. The van der Waals surface area contributed by atoms with Gasteiger partial charge in [-0.3, -0.25) is 4.79 Å². The van der Waals surface area contributed by atoms with Gasteiger partial charge in [0.15, 0.2) is 11.4 Å². The highest BCUT2D eigenvalue weighted by atomic mass is 35.5. The second-order valence-electron chi connectivity index (χ2n) is 8.66. The second-order valence-corrected chi connectivity index (χ2v) is 10.9. The topological polar surface area (TPSA) is 166 Å². The van der Waals surface area contributed by atoms with Gasteiger partial charge in [-0.15, -0.1) is 20.4 Å². The molecule has 214 valence electrons. The molecule has 0 bridgehead atoms. The lowest BCUT2D eigenvalue weighted by Crippen LogP contribution is -2.23. The summed E-state index contributed by atoms with van der Waals surface area (Å²) in [6, 6.07) is 21.8. The van der Waals surface area contributed by atoms with Crippen molar-refractivity contribution >= 4 is 44.7 Å². The molecule has 0 radical (unpaired) electrons. The number of rotatable bonds is 10. The van der Waals surface area contributed by atoms with Crippen LogP contribution in [0.4, 0.5) is 17.2 Å². The van der Waals surface area contributed by atoms with Crippen LogP contribution in [0, 0.1) is 0 Å². The zero-order chi connectivity index (χ0) is 29.7. The van der Waals surface area contributed by atoms with E-state index in [4.69, 9.17) is 20.8 Å². The summed E-state index contributed by atoms with van der Waals surface area (Å²) < 4.78 is 40.8. The highest BCUT2D eigenvalue weighted by Crippen LogP contribution is 2.40. The largest absolute Gasteiger partial charge is 0.491 e. The number of methoxy groups -OCH3 is 1. The van der Waals surface area contributed by atoms with Crippen LogP contribution in [0.3, 0.4) is 0 Å². The number of carbonyl (C=O) groups is 1. The Balaban J connectivity index is 1.43. The monoisotopic (exact) mass is 606 g/mol. The smallest absolute Gasteiger partial charge is 0.272 e. The number of nitrogens with zero attached hydrogens (tertiary/aromatic N) is 6. The van der Waals surface area contributed by atoms with Gasteiger partial charge in [-0.05, 0) is 54.6 Å². The van der Waals surface area contributed by atoms with E-state index in [9.17, 15) is 13.2 Å². The number of benzene rings is 3. The number of azo groups is 1. The zero-order valence-corrected chi connectivity index (χ0v) is 23.8. The predicted molar refractivity (Wildman–Crippen MR) is 154 cm³/mol. The molecule has 0 fully saturated rings. The van der Waals surface area contributed by atoms with Crippen molar-refractivity contribution in [1.29, 1.82) is 0 Å². The van der Waals surface area contributed by atoms with Gasteiger partial charge < -0.3 is 14.5 Å². The third kappa shape index (κ3) is 6.52. The highest BCUT2D eigenvalue weighted by Gasteiger charge is 2.26. The standard InChI is InChI=1S/C27H23ClN8O5S/c1-17(37)30-19-11-13-22(14-12-19)42(38,39)29-16-23-32-34-27(41-23)24-25(40-2)26(33-31-20-8-4-3-5-9-20)36(35-24)21-10-6-7-18(28)15-21/h3-15,29H,16H2,1-2H3,(H,30,37). The Kier molecular flexibility index (Phi) is 8.38. The Morgan fingerprint density at radius 2 is 1.79 bits per heavy atom. The Bertz CT molecular complexity index is 1860. The molecule has 0 aliphatic rings. The van der Waals surface area contributed by atoms with E-state index in [0.29, 0.717) is 22.1 Å². The van der Waals surface area contributed by atoms with Gasteiger partial charge in [0, 0.05) is 17.6 Å². The third-order valence-corrected chi connectivity index (χ3v) is 7.31. The van der Waals surface area contributed by atoms with Gasteiger partial charge >= 0.3 is 0 Å². The van der Waals surface area contributed by atoms with E-state index in [1.807, 2.05) is 18.2 Å². The minimum absolute atomic E-state index is 0.00769. The van der Waals surface area contributed by atoms with Crippen LogP contribution in [0.2, 0.25) is 5.02 Å². The summed E-state index contributed by atoms with van der Waals surface area (Å²) in [5.74, 6) is 0.121. The number of carbonyl (C=O) groups excluding carboxylic acids is 1. The van der Waals surface area contributed by atoms with Crippen LogP contribution in [0.5, 0.6) is 5.75 Å². The number of sulfonamides is 1. The molecule has 2 aromatic heterocycles. The molecule has 2 N–H and O–H groups in total. The molecule has 0 atom stereocenters. The van der Waals surface area contributed by atoms with Crippen molar-refractivity contribution in [2.24, 2.45) is 10.2 Å². The van der Waals surface area contributed by atoms with Gasteiger partial charge in [0.05, 0.1) is 29.9 Å². The fourth-order valence-electron chi connectivity index (χ4n) is 3.78. The van der Waals surface area contributed by atoms with Gasteiger partial charge in [0.25, 0.3) is 5.89 Å². The van der Waals surface area contributed by atoms with Crippen LogP contribution in [-0.2, 0) is 21.4 Å².